The summed E-state index contributed by atoms with van der Waals surface area (Å²) >= 11 is 0. The number of carbonyl (C=O) groups is 1. The van der Waals surface area contributed by atoms with Crippen molar-refractivity contribution < 1.29 is 4.79 Å². The van der Waals surface area contributed by atoms with Crippen molar-refractivity contribution in [3.8, 4) is 0 Å². The van der Waals surface area contributed by atoms with E-state index in [1.165, 1.54) is 44.7 Å². The SMILES string of the molecule is CCc1nc(C(N)=O)c(Nc2ccc(N3CCC(N4CCN(C)CC4)CC3)cc2)nc1N1CC[C@H](N)C1. The third-order valence-electron chi connectivity index (χ3n) is 8.05. The number of aromatic nitrogens is 2. The molecule has 10 nitrogen and oxygen atoms in total. The lowest BCUT2D eigenvalue weighted by Gasteiger charge is -2.42. The number of rotatable bonds is 7. The van der Waals surface area contributed by atoms with Gasteiger partial charge in [0.25, 0.3) is 5.91 Å². The van der Waals surface area contributed by atoms with E-state index in [1.54, 1.807) is 0 Å². The van der Waals surface area contributed by atoms with Crippen LogP contribution in [0.4, 0.5) is 23.0 Å². The van der Waals surface area contributed by atoms with Gasteiger partial charge in [-0.1, -0.05) is 6.92 Å². The number of nitrogens with zero attached hydrogens (tertiary/aromatic N) is 6. The van der Waals surface area contributed by atoms with Crippen molar-refractivity contribution in [2.45, 2.75) is 44.7 Å². The molecule has 37 heavy (non-hydrogen) atoms. The van der Waals surface area contributed by atoms with Crippen LogP contribution in [0.15, 0.2) is 24.3 Å². The van der Waals surface area contributed by atoms with E-state index in [1.807, 2.05) is 19.1 Å². The zero-order chi connectivity index (χ0) is 25.9. The summed E-state index contributed by atoms with van der Waals surface area (Å²) in [6, 6.07) is 9.16. The van der Waals surface area contributed by atoms with Gasteiger partial charge < -0.3 is 31.5 Å². The number of amides is 1. The zero-order valence-corrected chi connectivity index (χ0v) is 22.2. The molecule has 0 aliphatic carbocycles. The molecule has 1 aromatic heterocycles. The Morgan fingerprint density at radius 3 is 2.24 bits per heavy atom. The number of nitrogens with two attached hydrogens (primary N) is 2. The van der Waals surface area contributed by atoms with Gasteiger partial charge in [-0.3, -0.25) is 9.69 Å². The standard InChI is InChI=1S/C27H41N9O/c1-3-23-27(36-11-8-19(28)18-36)32-26(24(31-23)25(29)37)30-20-4-6-21(7-5-20)34-12-9-22(10-13-34)35-16-14-33(2)15-17-35/h4-7,19,22H,3,8-18,28H2,1-2H3,(H2,29,37)(H,30,32)/t19-/m0/s1. The Morgan fingerprint density at radius 2 is 1.65 bits per heavy atom. The fourth-order valence-corrected chi connectivity index (χ4v) is 5.76. The monoisotopic (exact) mass is 507 g/mol. The van der Waals surface area contributed by atoms with Gasteiger partial charge in [0.15, 0.2) is 17.3 Å². The molecule has 10 heteroatoms. The Labute approximate surface area is 220 Å². The van der Waals surface area contributed by atoms with Gasteiger partial charge in [0, 0.05) is 75.8 Å². The highest BCUT2D eigenvalue weighted by Gasteiger charge is 2.28. The highest BCUT2D eigenvalue weighted by Crippen LogP contribution is 2.29. The normalized spacial score (nSPS) is 22.0. The van der Waals surface area contributed by atoms with Crippen LogP contribution >= 0.6 is 0 Å². The average Bonchev–Trinajstić information content (AvgIpc) is 3.35. The first-order valence-electron chi connectivity index (χ1n) is 13.7. The number of aryl methyl sites for hydroxylation is 1. The lowest BCUT2D eigenvalue weighted by molar-refractivity contribution is 0.0982. The van der Waals surface area contributed by atoms with Gasteiger partial charge in [0.1, 0.15) is 0 Å². The van der Waals surface area contributed by atoms with Crippen molar-refractivity contribution in [3.63, 3.8) is 0 Å². The van der Waals surface area contributed by atoms with Gasteiger partial charge in [-0.15, -0.1) is 0 Å². The predicted octanol–water partition coefficient (Wildman–Crippen LogP) is 1.64. The molecular weight excluding hydrogens is 466 g/mol. The van der Waals surface area contributed by atoms with E-state index in [0.717, 1.165) is 49.8 Å². The molecule has 0 bridgehead atoms. The smallest absolute Gasteiger partial charge is 0.271 e. The van der Waals surface area contributed by atoms with Gasteiger partial charge >= 0.3 is 0 Å². The molecule has 0 saturated carbocycles. The molecule has 0 unspecified atom stereocenters. The maximum Gasteiger partial charge on any atom is 0.271 e. The Balaban J connectivity index is 1.26. The molecule has 1 atom stereocenters. The largest absolute Gasteiger partial charge is 0.371 e. The van der Waals surface area contributed by atoms with Crippen molar-refractivity contribution >= 4 is 28.9 Å². The van der Waals surface area contributed by atoms with E-state index < -0.39 is 5.91 Å². The molecule has 5 rings (SSSR count). The fraction of sp³-hybridized carbons (Fsp3) is 0.593. The van der Waals surface area contributed by atoms with Crippen LogP contribution in [0.5, 0.6) is 0 Å². The van der Waals surface area contributed by atoms with Crippen LogP contribution < -0.4 is 26.6 Å². The van der Waals surface area contributed by atoms with Gasteiger partial charge in [-0.2, -0.15) is 0 Å². The van der Waals surface area contributed by atoms with Crippen molar-refractivity contribution in [2.75, 3.05) is 74.5 Å². The fourth-order valence-electron chi connectivity index (χ4n) is 5.76. The van der Waals surface area contributed by atoms with Crippen LogP contribution in [0.2, 0.25) is 0 Å². The summed E-state index contributed by atoms with van der Waals surface area (Å²) in [7, 11) is 2.21. The van der Waals surface area contributed by atoms with E-state index in [-0.39, 0.29) is 11.7 Å². The van der Waals surface area contributed by atoms with Crippen LogP contribution in [-0.2, 0) is 6.42 Å². The van der Waals surface area contributed by atoms with Crippen molar-refractivity contribution in [3.05, 3.63) is 35.7 Å². The molecule has 1 aromatic carbocycles. The number of piperidine rings is 1. The summed E-state index contributed by atoms with van der Waals surface area (Å²) in [4.78, 5) is 31.4. The molecule has 0 radical (unpaired) electrons. The van der Waals surface area contributed by atoms with E-state index in [9.17, 15) is 4.79 Å². The van der Waals surface area contributed by atoms with Crippen molar-refractivity contribution in [1.82, 2.24) is 19.8 Å². The van der Waals surface area contributed by atoms with E-state index in [4.69, 9.17) is 16.5 Å². The summed E-state index contributed by atoms with van der Waals surface area (Å²) in [5, 5.41) is 3.30. The van der Waals surface area contributed by atoms with Gasteiger partial charge in [0.05, 0.1) is 5.69 Å². The minimum absolute atomic E-state index is 0.123. The molecule has 200 valence electrons. The number of hydrogen-bond donors (Lipinski definition) is 3. The number of benzene rings is 1. The Bertz CT molecular complexity index is 1080. The van der Waals surface area contributed by atoms with Gasteiger partial charge in [-0.05, 0) is 57.0 Å². The summed E-state index contributed by atoms with van der Waals surface area (Å²) in [5.41, 5.74) is 14.8. The third kappa shape index (κ3) is 5.81. The lowest BCUT2D eigenvalue weighted by Crippen LogP contribution is -2.52. The first-order valence-corrected chi connectivity index (χ1v) is 13.7. The maximum absolute atomic E-state index is 12.2. The molecule has 5 N–H and O–H groups in total. The Morgan fingerprint density at radius 1 is 0.973 bits per heavy atom. The molecule has 3 saturated heterocycles. The van der Waals surface area contributed by atoms with Gasteiger partial charge in [0.2, 0.25) is 0 Å². The first kappa shape index (κ1) is 25.7. The highest BCUT2D eigenvalue weighted by atomic mass is 16.1. The molecule has 3 fully saturated rings. The van der Waals surface area contributed by atoms with E-state index in [2.05, 4.69) is 49.1 Å². The number of primary amides is 1. The summed E-state index contributed by atoms with van der Waals surface area (Å²) in [6.07, 6.45) is 3.98. The van der Waals surface area contributed by atoms with E-state index >= 15 is 0 Å². The lowest BCUT2D eigenvalue weighted by atomic mass is 10.0. The molecule has 4 heterocycles. The third-order valence-corrected chi connectivity index (χ3v) is 8.05. The minimum Gasteiger partial charge on any atom is -0.371 e. The number of likely N-dealkylation sites (N-methyl/N-ethyl adjacent to an activating group) is 1. The molecule has 2 aromatic rings. The zero-order valence-electron chi connectivity index (χ0n) is 22.2. The number of nitrogens with one attached hydrogen (secondary N) is 1. The second-order valence-electron chi connectivity index (χ2n) is 10.6. The van der Waals surface area contributed by atoms with Crippen LogP contribution in [0.3, 0.4) is 0 Å². The number of anilines is 4. The van der Waals surface area contributed by atoms with Crippen LogP contribution in [0.25, 0.3) is 0 Å². The summed E-state index contributed by atoms with van der Waals surface area (Å²) in [5.74, 6) is 0.581. The van der Waals surface area contributed by atoms with Crippen molar-refractivity contribution in [2.24, 2.45) is 11.5 Å². The number of carbonyl (C=O) groups excluding carboxylic acids is 1. The first-order chi connectivity index (χ1) is 17.9. The maximum atomic E-state index is 12.2. The van der Waals surface area contributed by atoms with E-state index in [0.29, 0.717) is 18.3 Å². The quantitative estimate of drug-likeness (QED) is 0.514. The number of hydrogen-bond acceptors (Lipinski definition) is 9. The average molecular weight is 508 g/mol. The predicted molar refractivity (Wildman–Crippen MR) is 149 cm³/mol. The minimum atomic E-state index is -0.589. The Kier molecular flexibility index (Phi) is 7.78. The molecule has 0 spiro atoms. The van der Waals surface area contributed by atoms with Crippen LogP contribution in [-0.4, -0.2) is 97.2 Å². The second-order valence-corrected chi connectivity index (χ2v) is 10.6. The van der Waals surface area contributed by atoms with Crippen LogP contribution in [0.1, 0.15) is 42.4 Å². The molecule has 3 aliphatic heterocycles. The van der Waals surface area contributed by atoms with Crippen LogP contribution in [0, 0.1) is 0 Å². The second kappa shape index (κ2) is 11.2. The molecular formula is C27H41N9O. The number of piperazine rings is 1. The topological polar surface area (TPSA) is 120 Å². The summed E-state index contributed by atoms with van der Waals surface area (Å²) < 4.78 is 0. The van der Waals surface area contributed by atoms with Gasteiger partial charge in [-0.25, -0.2) is 9.97 Å². The van der Waals surface area contributed by atoms with Crippen molar-refractivity contribution in [1.29, 1.82) is 0 Å². The Hall–Kier alpha value is -2.95. The molecule has 1 amide bonds. The molecule has 3 aliphatic rings. The summed E-state index contributed by atoms with van der Waals surface area (Å²) in [6.45, 7) is 10.4. The highest BCUT2D eigenvalue weighted by molar-refractivity contribution is 5.96.